The molecule has 0 radical (unpaired) electrons. The molecule has 1 fully saturated rings. The zero-order valence-corrected chi connectivity index (χ0v) is 12.8. The standard InChI is InChI=1S/C14H19N3S2/c1-18-14-16-15-13(10-12-8-5-9-19-12)17(14)11-6-3-2-4-7-11/h5,8-9,11H,2-4,6-7,10H2,1H3. The maximum absolute atomic E-state index is 4.44. The number of nitrogens with zero attached hydrogens (tertiary/aromatic N) is 3. The first-order valence-electron chi connectivity index (χ1n) is 6.88. The van der Waals surface area contributed by atoms with E-state index in [4.69, 9.17) is 0 Å². The molecular formula is C14H19N3S2. The molecule has 0 bridgehead atoms. The van der Waals surface area contributed by atoms with Crippen molar-refractivity contribution in [2.45, 2.75) is 49.7 Å². The molecule has 1 aliphatic rings. The molecule has 0 atom stereocenters. The second kappa shape index (κ2) is 6.09. The summed E-state index contributed by atoms with van der Waals surface area (Å²) >= 11 is 3.52. The lowest BCUT2D eigenvalue weighted by Gasteiger charge is -2.25. The van der Waals surface area contributed by atoms with Gasteiger partial charge in [0.25, 0.3) is 0 Å². The van der Waals surface area contributed by atoms with Crippen LogP contribution in [0.15, 0.2) is 22.7 Å². The van der Waals surface area contributed by atoms with Crippen LogP contribution in [0.25, 0.3) is 0 Å². The highest BCUT2D eigenvalue weighted by Gasteiger charge is 2.22. The Morgan fingerprint density at radius 3 is 2.84 bits per heavy atom. The molecule has 0 amide bonds. The van der Waals surface area contributed by atoms with Crippen molar-refractivity contribution in [3.63, 3.8) is 0 Å². The monoisotopic (exact) mass is 293 g/mol. The summed E-state index contributed by atoms with van der Waals surface area (Å²) in [5, 5.41) is 12.0. The first-order valence-corrected chi connectivity index (χ1v) is 8.99. The van der Waals surface area contributed by atoms with Gasteiger partial charge in [-0.2, -0.15) is 0 Å². The molecule has 2 aromatic heterocycles. The lowest BCUT2D eigenvalue weighted by atomic mass is 9.95. The van der Waals surface area contributed by atoms with Crippen LogP contribution in [0.3, 0.4) is 0 Å². The molecule has 5 heteroatoms. The zero-order chi connectivity index (χ0) is 13.1. The number of thiophene rings is 1. The second-order valence-corrected chi connectivity index (χ2v) is 6.83. The fourth-order valence-electron chi connectivity index (χ4n) is 2.84. The van der Waals surface area contributed by atoms with Crippen LogP contribution in [0, 0.1) is 0 Å². The molecule has 0 saturated heterocycles. The van der Waals surface area contributed by atoms with Gasteiger partial charge in [-0.3, -0.25) is 0 Å². The van der Waals surface area contributed by atoms with Crippen molar-refractivity contribution < 1.29 is 0 Å². The van der Waals surface area contributed by atoms with Gasteiger partial charge in [-0.1, -0.05) is 37.1 Å². The summed E-state index contributed by atoms with van der Waals surface area (Å²) in [7, 11) is 0. The summed E-state index contributed by atoms with van der Waals surface area (Å²) in [6.45, 7) is 0. The second-order valence-electron chi connectivity index (χ2n) is 5.02. The van der Waals surface area contributed by atoms with Crippen molar-refractivity contribution in [1.29, 1.82) is 0 Å². The van der Waals surface area contributed by atoms with Gasteiger partial charge in [-0.05, 0) is 30.5 Å². The lowest BCUT2D eigenvalue weighted by Crippen LogP contribution is -2.16. The Hall–Kier alpha value is -0.810. The van der Waals surface area contributed by atoms with Crippen molar-refractivity contribution >= 4 is 23.1 Å². The van der Waals surface area contributed by atoms with E-state index in [1.165, 1.54) is 37.0 Å². The van der Waals surface area contributed by atoms with Crippen molar-refractivity contribution in [2.24, 2.45) is 0 Å². The third-order valence-corrected chi connectivity index (χ3v) is 5.29. The normalized spacial score (nSPS) is 16.9. The summed E-state index contributed by atoms with van der Waals surface area (Å²) < 4.78 is 2.41. The van der Waals surface area contributed by atoms with Crippen LogP contribution in [0.1, 0.15) is 48.8 Å². The molecule has 1 aliphatic carbocycles. The molecule has 0 spiro atoms. The summed E-state index contributed by atoms with van der Waals surface area (Å²) in [6.07, 6.45) is 9.64. The third-order valence-electron chi connectivity index (χ3n) is 3.77. The Bertz CT molecular complexity index is 513. The van der Waals surface area contributed by atoms with Gasteiger partial charge in [0.1, 0.15) is 5.82 Å². The van der Waals surface area contributed by atoms with Crippen LogP contribution >= 0.6 is 23.1 Å². The molecule has 0 N–H and O–H groups in total. The molecule has 0 aliphatic heterocycles. The Morgan fingerprint density at radius 1 is 1.32 bits per heavy atom. The Balaban J connectivity index is 1.88. The molecule has 0 unspecified atom stereocenters. The Kier molecular flexibility index (Phi) is 4.23. The number of thioether (sulfide) groups is 1. The quantitative estimate of drug-likeness (QED) is 0.793. The van der Waals surface area contributed by atoms with Gasteiger partial charge in [0.15, 0.2) is 5.16 Å². The minimum Gasteiger partial charge on any atom is -0.303 e. The van der Waals surface area contributed by atoms with Crippen LogP contribution < -0.4 is 0 Å². The van der Waals surface area contributed by atoms with Gasteiger partial charge in [0.05, 0.1) is 0 Å². The minimum atomic E-state index is 0.612. The van der Waals surface area contributed by atoms with Crippen LogP contribution in [0.4, 0.5) is 0 Å². The van der Waals surface area contributed by atoms with E-state index in [-0.39, 0.29) is 0 Å². The van der Waals surface area contributed by atoms with Crippen molar-refractivity contribution in [3.05, 3.63) is 28.2 Å². The summed E-state index contributed by atoms with van der Waals surface area (Å²) in [5.41, 5.74) is 0. The van der Waals surface area contributed by atoms with Crippen molar-refractivity contribution in [3.8, 4) is 0 Å². The van der Waals surface area contributed by atoms with Gasteiger partial charge < -0.3 is 4.57 Å². The molecule has 0 aromatic carbocycles. The number of hydrogen-bond donors (Lipinski definition) is 0. The van der Waals surface area contributed by atoms with E-state index in [0.29, 0.717) is 6.04 Å². The summed E-state index contributed by atoms with van der Waals surface area (Å²) in [6, 6.07) is 4.90. The maximum Gasteiger partial charge on any atom is 0.191 e. The Labute approximate surface area is 122 Å². The van der Waals surface area contributed by atoms with Crippen LogP contribution in [-0.4, -0.2) is 21.0 Å². The first-order chi connectivity index (χ1) is 9.38. The molecule has 19 heavy (non-hydrogen) atoms. The molecular weight excluding hydrogens is 274 g/mol. The molecule has 2 heterocycles. The van der Waals surface area contributed by atoms with E-state index < -0.39 is 0 Å². The van der Waals surface area contributed by atoms with Gasteiger partial charge in [0, 0.05) is 17.3 Å². The molecule has 1 saturated carbocycles. The molecule has 2 aromatic rings. The minimum absolute atomic E-state index is 0.612. The first kappa shape index (κ1) is 13.2. The van der Waals surface area contributed by atoms with Gasteiger partial charge in [0.2, 0.25) is 0 Å². The van der Waals surface area contributed by atoms with Crippen LogP contribution in [0.2, 0.25) is 0 Å². The SMILES string of the molecule is CSc1nnc(Cc2cccs2)n1C1CCCCC1. The fraction of sp³-hybridized carbons (Fsp3) is 0.571. The van der Waals surface area contributed by atoms with E-state index in [0.717, 1.165) is 17.4 Å². The summed E-state index contributed by atoms with van der Waals surface area (Å²) in [5.74, 6) is 1.14. The van der Waals surface area contributed by atoms with Crippen molar-refractivity contribution in [2.75, 3.05) is 6.26 Å². The van der Waals surface area contributed by atoms with Gasteiger partial charge in [-0.15, -0.1) is 21.5 Å². The van der Waals surface area contributed by atoms with E-state index >= 15 is 0 Å². The fourth-order valence-corrected chi connectivity index (χ4v) is 4.12. The molecule has 102 valence electrons. The van der Waals surface area contributed by atoms with E-state index in [2.05, 4.69) is 38.5 Å². The average molecular weight is 293 g/mol. The number of rotatable bonds is 4. The lowest BCUT2D eigenvalue weighted by molar-refractivity contribution is 0.330. The van der Waals surface area contributed by atoms with E-state index in [1.807, 2.05) is 0 Å². The Morgan fingerprint density at radius 2 is 2.16 bits per heavy atom. The van der Waals surface area contributed by atoms with E-state index in [1.54, 1.807) is 23.1 Å². The van der Waals surface area contributed by atoms with Crippen molar-refractivity contribution in [1.82, 2.24) is 14.8 Å². The highest BCUT2D eigenvalue weighted by atomic mass is 32.2. The number of aromatic nitrogens is 3. The maximum atomic E-state index is 4.44. The van der Waals surface area contributed by atoms with Crippen LogP contribution in [0.5, 0.6) is 0 Å². The molecule has 3 nitrogen and oxygen atoms in total. The smallest absolute Gasteiger partial charge is 0.191 e. The molecule has 3 rings (SSSR count). The number of hydrogen-bond acceptors (Lipinski definition) is 4. The topological polar surface area (TPSA) is 30.7 Å². The predicted molar refractivity (Wildman–Crippen MR) is 81.1 cm³/mol. The third kappa shape index (κ3) is 2.87. The highest BCUT2D eigenvalue weighted by molar-refractivity contribution is 7.98. The van der Waals surface area contributed by atoms with Gasteiger partial charge >= 0.3 is 0 Å². The highest BCUT2D eigenvalue weighted by Crippen LogP contribution is 2.32. The summed E-state index contributed by atoms with van der Waals surface area (Å²) in [4.78, 5) is 1.37. The van der Waals surface area contributed by atoms with Gasteiger partial charge in [-0.25, -0.2) is 0 Å². The largest absolute Gasteiger partial charge is 0.303 e. The predicted octanol–water partition coefficient (Wildman–Crippen LogP) is 4.16. The van der Waals surface area contributed by atoms with E-state index in [9.17, 15) is 0 Å². The average Bonchev–Trinajstić information content (AvgIpc) is 3.09. The van der Waals surface area contributed by atoms with Crippen LogP contribution in [-0.2, 0) is 6.42 Å². The zero-order valence-electron chi connectivity index (χ0n) is 11.2.